The van der Waals surface area contributed by atoms with Gasteiger partial charge in [-0.25, -0.2) is 0 Å². The Balaban J connectivity index is 2.92. The van der Waals surface area contributed by atoms with Crippen LogP contribution in [-0.2, 0) is 4.74 Å². The van der Waals surface area contributed by atoms with Gasteiger partial charge >= 0.3 is 0 Å². The van der Waals surface area contributed by atoms with Crippen molar-refractivity contribution in [3.8, 4) is 6.07 Å². The van der Waals surface area contributed by atoms with Crippen LogP contribution < -0.4 is 0 Å². The lowest BCUT2D eigenvalue weighted by Gasteiger charge is -2.44. The van der Waals surface area contributed by atoms with Gasteiger partial charge in [0.25, 0.3) is 0 Å². The van der Waals surface area contributed by atoms with Gasteiger partial charge in [0.05, 0.1) is 18.3 Å². The van der Waals surface area contributed by atoms with Crippen LogP contribution in [0.3, 0.4) is 0 Å². The quantitative estimate of drug-likeness (QED) is 0.782. The van der Waals surface area contributed by atoms with Crippen molar-refractivity contribution in [1.29, 1.82) is 5.26 Å². The molecule has 1 heterocycles. The second-order valence-corrected chi connectivity index (χ2v) is 4.88. The summed E-state index contributed by atoms with van der Waals surface area (Å²) >= 11 is 0. The van der Waals surface area contributed by atoms with E-state index in [9.17, 15) is 10.4 Å². The molecule has 1 aliphatic heterocycles. The van der Waals surface area contributed by atoms with Crippen molar-refractivity contribution >= 4 is 0 Å². The molecule has 1 aliphatic rings. The highest BCUT2D eigenvalue weighted by atomic mass is 16.5. The molecule has 92 valence electrons. The van der Waals surface area contributed by atoms with Crippen LogP contribution in [-0.4, -0.2) is 23.9 Å². The second-order valence-electron chi connectivity index (χ2n) is 4.88. The van der Waals surface area contributed by atoms with E-state index in [-0.39, 0.29) is 0 Å². The molecule has 1 rings (SSSR count). The Bertz CT molecular complexity index is 245. The summed E-state index contributed by atoms with van der Waals surface area (Å²) in [5, 5.41) is 20.2. The van der Waals surface area contributed by atoms with Gasteiger partial charge in [0, 0.05) is 6.61 Å². The van der Waals surface area contributed by atoms with Crippen molar-refractivity contribution in [2.24, 2.45) is 5.41 Å². The Hall–Kier alpha value is -0.590. The number of hydrogen-bond donors (Lipinski definition) is 1. The summed E-state index contributed by atoms with van der Waals surface area (Å²) in [5.74, 6) is 0. The predicted molar refractivity (Wildman–Crippen MR) is 62.9 cm³/mol. The van der Waals surface area contributed by atoms with Crippen LogP contribution in [0.25, 0.3) is 0 Å². The highest BCUT2D eigenvalue weighted by Gasteiger charge is 2.50. The van der Waals surface area contributed by atoms with Gasteiger partial charge in [-0.3, -0.25) is 0 Å². The molecule has 3 heteroatoms. The Morgan fingerprint density at radius 2 is 2.00 bits per heavy atom. The molecule has 0 radical (unpaired) electrons. The van der Waals surface area contributed by atoms with Crippen LogP contribution >= 0.6 is 0 Å². The Kier molecular flexibility index (Phi) is 4.76. The lowest BCUT2D eigenvalue weighted by Crippen LogP contribution is -2.52. The van der Waals surface area contributed by atoms with Gasteiger partial charge in [0.1, 0.15) is 5.41 Å². The van der Waals surface area contributed by atoms with Gasteiger partial charge in [-0.1, -0.05) is 26.7 Å². The minimum Gasteiger partial charge on any atom is -0.388 e. The molecule has 0 aromatic carbocycles. The Labute approximate surface area is 98.4 Å². The number of nitrogens with zero attached hydrogens (tertiary/aromatic N) is 1. The first kappa shape index (κ1) is 13.5. The SMILES string of the molecule is CCCC(O)(CCC)C1(C#N)CCCOC1. The summed E-state index contributed by atoms with van der Waals surface area (Å²) in [4.78, 5) is 0. The van der Waals surface area contributed by atoms with E-state index in [0.29, 0.717) is 19.4 Å². The molecule has 1 N–H and O–H groups in total. The normalized spacial score (nSPS) is 26.4. The molecule has 0 aliphatic carbocycles. The van der Waals surface area contributed by atoms with Crippen molar-refractivity contribution in [2.45, 2.75) is 58.0 Å². The third-order valence-corrected chi connectivity index (χ3v) is 3.67. The zero-order valence-electron chi connectivity index (χ0n) is 10.5. The van der Waals surface area contributed by atoms with Crippen molar-refractivity contribution in [1.82, 2.24) is 0 Å². The second kappa shape index (κ2) is 5.65. The topological polar surface area (TPSA) is 53.2 Å². The first-order chi connectivity index (χ1) is 7.64. The van der Waals surface area contributed by atoms with Gasteiger partial charge in [-0.05, 0) is 25.7 Å². The molecule has 1 atom stereocenters. The van der Waals surface area contributed by atoms with Crippen LogP contribution in [0.5, 0.6) is 0 Å². The van der Waals surface area contributed by atoms with E-state index in [1.165, 1.54) is 0 Å². The lowest BCUT2D eigenvalue weighted by atomic mass is 9.65. The lowest BCUT2D eigenvalue weighted by molar-refractivity contribution is -0.127. The predicted octanol–water partition coefficient (Wildman–Crippen LogP) is 2.64. The monoisotopic (exact) mass is 225 g/mol. The van der Waals surface area contributed by atoms with Gasteiger partial charge in [-0.2, -0.15) is 5.26 Å². The molecule has 0 aromatic heterocycles. The summed E-state index contributed by atoms with van der Waals surface area (Å²) in [5.41, 5.74) is -1.55. The maximum absolute atomic E-state index is 10.8. The molecule has 1 saturated heterocycles. The molecule has 0 bridgehead atoms. The van der Waals surface area contributed by atoms with Crippen molar-refractivity contribution < 1.29 is 9.84 Å². The van der Waals surface area contributed by atoms with E-state index >= 15 is 0 Å². The molecule has 0 spiro atoms. The highest BCUT2D eigenvalue weighted by Crippen LogP contribution is 2.44. The smallest absolute Gasteiger partial charge is 0.109 e. The molecule has 1 unspecified atom stereocenters. The average molecular weight is 225 g/mol. The fourth-order valence-electron chi connectivity index (χ4n) is 2.78. The van der Waals surface area contributed by atoms with E-state index < -0.39 is 11.0 Å². The van der Waals surface area contributed by atoms with Gasteiger partial charge in [-0.15, -0.1) is 0 Å². The zero-order chi connectivity index (χ0) is 12.1. The molecule has 0 saturated carbocycles. The largest absolute Gasteiger partial charge is 0.388 e. The molecule has 0 amide bonds. The number of ether oxygens (including phenoxy) is 1. The molecule has 1 fully saturated rings. The number of hydrogen-bond acceptors (Lipinski definition) is 3. The Morgan fingerprint density at radius 1 is 1.38 bits per heavy atom. The number of aliphatic hydroxyl groups is 1. The fraction of sp³-hybridized carbons (Fsp3) is 0.923. The third-order valence-electron chi connectivity index (χ3n) is 3.67. The van der Waals surface area contributed by atoms with Gasteiger partial charge in [0.2, 0.25) is 0 Å². The van der Waals surface area contributed by atoms with E-state index in [1.54, 1.807) is 0 Å². The Morgan fingerprint density at radius 3 is 2.38 bits per heavy atom. The molecular weight excluding hydrogens is 202 g/mol. The maximum atomic E-state index is 10.8. The summed E-state index contributed by atoms with van der Waals surface area (Å²) in [7, 11) is 0. The summed E-state index contributed by atoms with van der Waals surface area (Å²) in [6.07, 6.45) is 4.83. The van der Waals surface area contributed by atoms with Crippen LogP contribution in [0.2, 0.25) is 0 Å². The van der Waals surface area contributed by atoms with E-state index in [1.807, 2.05) is 0 Å². The first-order valence-corrected chi connectivity index (χ1v) is 6.35. The van der Waals surface area contributed by atoms with E-state index in [4.69, 9.17) is 4.74 Å². The molecule has 16 heavy (non-hydrogen) atoms. The number of rotatable bonds is 5. The summed E-state index contributed by atoms with van der Waals surface area (Å²) < 4.78 is 5.43. The maximum Gasteiger partial charge on any atom is 0.109 e. The van der Waals surface area contributed by atoms with Crippen molar-refractivity contribution in [3.63, 3.8) is 0 Å². The van der Waals surface area contributed by atoms with Crippen LogP contribution in [0.4, 0.5) is 0 Å². The average Bonchev–Trinajstić information content (AvgIpc) is 2.30. The minimum atomic E-state index is -0.869. The van der Waals surface area contributed by atoms with Crippen molar-refractivity contribution in [3.05, 3.63) is 0 Å². The number of nitriles is 1. The van der Waals surface area contributed by atoms with E-state index in [2.05, 4.69) is 19.9 Å². The highest BCUT2D eigenvalue weighted by molar-refractivity contribution is 5.12. The third kappa shape index (κ3) is 2.39. The fourth-order valence-corrected chi connectivity index (χ4v) is 2.78. The van der Waals surface area contributed by atoms with Crippen LogP contribution in [0.1, 0.15) is 52.4 Å². The van der Waals surface area contributed by atoms with Gasteiger partial charge in [0.15, 0.2) is 0 Å². The zero-order valence-corrected chi connectivity index (χ0v) is 10.5. The van der Waals surface area contributed by atoms with Gasteiger partial charge < -0.3 is 9.84 Å². The van der Waals surface area contributed by atoms with Crippen LogP contribution in [0.15, 0.2) is 0 Å². The standard InChI is InChI=1S/C13H23NO2/c1-3-6-13(15,7-4-2)12(10-14)8-5-9-16-11-12/h15H,3-9,11H2,1-2H3. The molecule has 0 aromatic rings. The molecule has 3 nitrogen and oxygen atoms in total. The first-order valence-electron chi connectivity index (χ1n) is 6.35. The summed E-state index contributed by atoms with van der Waals surface area (Å²) in [6.45, 7) is 5.21. The summed E-state index contributed by atoms with van der Waals surface area (Å²) in [6, 6.07) is 2.35. The minimum absolute atomic E-state index is 0.389. The van der Waals surface area contributed by atoms with Crippen molar-refractivity contribution in [2.75, 3.05) is 13.2 Å². The van der Waals surface area contributed by atoms with E-state index in [0.717, 1.165) is 32.3 Å². The molecular formula is C13H23NO2. The van der Waals surface area contributed by atoms with Crippen LogP contribution in [0, 0.1) is 16.7 Å².